The lowest BCUT2D eigenvalue weighted by atomic mass is 10.1. The van der Waals surface area contributed by atoms with E-state index in [-0.39, 0.29) is 11.9 Å². The van der Waals surface area contributed by atoms with Gasteiger partial charge in [-0.25, -0.2) is 0 Å². The van der Waals surface area contributed by atoms with E-state index in [1.165, 1.54) is 11.5 Å². The molecule has 3 aromatic heterocycles. The van der Waals surface area contributed by atoms with Crippen LogP contribution in [-0.2, 0) is 6.54 Å². The lowest BCUT2D eigenvalue weighted by Gasteiger charge is -2.22. The van der Waals surface area contributed by atoms with E-state index in [0.29, 0.717) is 40.1 Å². The molecule has 0 unspecified atom stereocenters. The number of anilines is 2. The molecular formula is C20H17ClN6O2S. The number of nitrogens with one attached hydrogen (secondary N) is 2. The van der Waals surface area contributed by atoms with Crippen LogP contribution in [0, 0.1) is 0 Å². The number of hydrogen-bond acceptors (Lipinski definition) is 7. The Kier molecular flexibility index (Phi) is 4.56. The third-order valence-electron chi connectivity index (χ3n) is 4.93. The summed E-state index contributed by atoms with van der Waals surface area (Å²) >= 11 is 7.65. The van der Waals surface area contributed by atoms with Crippen LogP contribution in [0.15, 0.2) is 36.7 Å². The second kappa shape index (κ2) is 7.26. The van der Waals surface area contributed by atoms with Crippen LogP contribution in [0.25, 0.3) is 21.5 Å². The van der Waals surface area contributed by atoms with Gasteiger partial charge in [-0.3, -0.25) is 14.5 Å². The van der Waals surface area contributed by atoms with Crippen LogP contribution in [0.2, 0.25) is 5.02 Å². The van der Waals surface area contributed by atoms with Gasteiger partial charge in [0.25, 0.3) is 5.91 Å². The lowest BCUT2D eigenvalue weighted by molar-refractivity contribution is 0.0902. The second-order valence-corrected chi connectivity index (χ2v) is 8.18. The molecule has 5 rings (SSSR count). The molecule has 0 aliphatic carbocycles. The van der Waals surface area contributed by atoms with E-state index in [9.17, 15) is 4.79 Å². The topological polar surface area (TPSA) is 94.0 Å². The highest BCUT2D eigenvalue weighted by atomic mass is 35.5. The third-order valence-corrected chi connectivity index (χ3v) is 6.05. The minimum Gasteiger partial charge on any atom is -0.493 e. The summed E-state index contributed by atoms with van der Waals surface area (Å²) in [6, 6.07) is 7.27. The molecule has 1 aliphatic rings. The summed E-state index contributed by atoms with van der Waals surface area (Å²) in [6.07, 6.45) is 3.44. The van der Waals surface area contributed by atoms with E-state index in [4.69, 9.17) is 21.4 Å². The molecule has 4 aromatic rings. The van der Waals surface area contributed by atoms with Crippen molar-refractivity contribution < 1.29 is 9.53 Å². The zero-order valence-electron chi connectivity index (χ0n) is 16.1. The molecule has 0 saturated heterocycles. The standard InChI is InChI=1S/C20H17ClN6O2S/c1-10-9-27-17(20(28)24-10)16(25-13-5-3-4-12(21)18(13)29-2)15(26-27)11-6-7-22-14-8-23-30-19(11)14/h3-8,10,25H,9H2,1-2H3,(H,24,28)/t10-/m0/s1. The lowest BCUT2D eigenvalue weighted by Crippen LogP contribution is -2.42. The van der Waals surface area contributed by atoms with E-state index in [0.717, 1.165) is 15.8 Å². The highest BCUT2D eigenvalue weighted by Gasteiger charge is 2.31. The minimum absolute atomic E-state index is 0.0211. The van der Waals surface area contributed by atoms with E-state index in [2.05, 4.69) is 20.0 Å². The van der Waals surface area contributed by atoms with Gasteiger partial charge in [-0.2, -0.15) is 9.47 Å². The molecule has 1 atom stereocenters. The van der Waals surface area contributed by atoms with Gasteiger partial charge in [0.1, 0.15) is 16.9 Å². The van der Waals surface area contributed by atoms with Crippen molar-refractivity contribution in [2.24, 2.45) is 0 Å². The molecule has 1 amide bonds. The Morgan fingerprint density at radius 3 is 3.07 bits per heavy atom. The summed E-state index contributed by atoms with van der Waals surface area (Å²) in [5.74, 6) is 0.304. The van der Waals surface area contributed by atoms with E-state index < -0.39 is 0 Å². The number of halogens is 1. The fourth-order valence-electron chi connectivity index (χ4n) is 3.65. The van der Waals surface area contributed by atoms with Crippen molar-refractivity contribution in [1.29, 1.82) is 0 Å². The van der Waals surface area contributed by atoms with Gasteiger partial charge in [0.15, 0.2) is 5.75 Å². The van der Waals surface area contributed by atoms with Crippen molar-refractivity contribution in [2.75, 3.05) is 12.4 Å². The number of carbonyl (C=O) groups is 1. The molecule has 1 aromatic carbocycles. The van der Waals surface area contributed by atoms with Crippen LogP contribution >= 0.6 is 23.1 Å². The molecule has 0 radical (unpaired) electrons. The molecular weight excluding hydrogens is 424 g/mol. The Morgan fingerprint density at radius 1 is 1.37 bits per heavy atom. The van der Waals surface area contributed by atoms with Gasteiger partial charge in [0.2, 0.25) is 0 Å². The van der Waals surface area contributed by atoms with Crippen molar-refractivity contribution >= 4 is 50.6 Å². The highest BCUT2D eigenvalue weighted by Crippen LogP contribution is 2.41. The normalized spacial score (nSPS) is 15.7. The average Bonchev–Trinajstić information content (AvgIpc) is 3.33. The Morgan fingerprint density at radius 2 is 2.23 bits per heavy atom. The smallest absolute Gasteiger partial charge is 0.272 e. The van der Waals surface area contributed by atoms with Gasteiger partial charge < -0.3 is 15.4 Å². The molecule has 152 valence electrons. The van der Waals surface area contributed by atoms with Gasteiger partial charge in [0, 0.05) is 17.8 Å². The fraction of sp³-hybridized carbons (Fsp3) is 0.200. The van der Waals surface area contributed by atoms with E-state index >= 15 is 0 Å². The van der Waals surface area contributed by atoms with Crippen molar-refractivity contribution in [2.45, 2.75) is 19.5 Å². The molecule has 4 heterocycles. The second-order valence-electron chi connectivity index (χ2n) is 6.97. The van der Waals surface area contributed by atoms with Gasteiger partial charge in [-0.15, -0.1) is 0 Å². The molecule has 30 heavy (non-hydrogen) atoms. The Labute approximate surface area is 181 Å². The molecule has 2 N–H and O–H groups in total. The number of amides is 1. The zero-order valence-corrected chi connectivity index (χ0v) is 17.7. The Bertz CT molecular complexity index is 1280. The van der Waals surface area contributed by atoms with Gasteiger partial charge >= 0.3 is 0 Å². The molecule has 0 spiro atoms. The van der Waals surface area contributed by atoms with Gasteiger partial charge in [-0.1, -0.05) is 17.7 Å². The quantitative estimate of drug-likeness (QED) is 0.496. The first-order valence-corrected chi connectivity index (χ1v) is 10.4. The number of aromatic nitrogens is 4. The Hall–Kier alpha value is -3.17. The molecule has 8 nitrogen and oxygen atoms in total. The van der Waals surface area contributed by atoms with Crippen LogP contribution in [0.4, 0.5) is 11.4 Å². The first-order valence-electron chi connectivity index (χ1n) is 9.27. The summed E-state index contributed by atoms with van der Waals surface area (Å²) in [5.41, 5.74) is 3.97. The van der Waals surface area contributed by atoms with Gasteiger partial charge in [-0.05, 0) is 36.7 Å². The number of para-hydroxylation sites is 1. The SMILES string of the molecule is COc1c(Cl)cccc1Nc1c(-c2ccnc3cnsc23)nn2c1C(=O)N[C@@H](C)C2. The molecule has 0 fully saturated rings. The van der Waals surface area contributed by atoms with E-state index in [1.807, 2.05) is 25.1 Å². The first-order chi connectivity index (χ1) is 14.6. The molecule has 10 heteroatoms. The van der Waals surface area contributed by atoms with E-state index in [1.54, 1.807) is 30.3 Å². The van der Waals surface area contributed by atoms with Crippen LogP contribution in [0.1, 0.15) is 17.4 Å². The number of rotatable bonds is 4. The number of carbonyl (C=O) groups excluding carboxylic acids is 1. The molecule has 0 bridgehead atoms. The average molecular weight is 441 g/mol. The predicted octanol–water partition coefficient (Wildman–Crippen LogP) is 4.09. The number of hydrogen-bond donors (Lipinski definition) is 2. The number of benzene rings is 1. The van der Waals surface area contributed by atoms with Crippen LogP contribution in [0.5, 0.6) is 5.75 Å². The summed E-state index contributed by atoms with van der Waals surface area (Å²) < 4.78 is 12.4. The number of nitrogens with zero attached hydrogens (tertiary/aromatic N) is 4. The summed E-state index contributed by atoms with van der Waals surface area (Å²) in [5, 5.41) is 11.6. The summed E-state index contributed by atoms with van der Waals surface area (Å²) in [6.45, 7) is 2.52. The van der Waals surface area contributed by atoms with Crippen molar-refractivity contribution in [3.63, 3.8) is 0 Å². The van der Waals surface area contributed by atoms with Crippen LogP contribution < -0.4 is 15.4 Å². The maximum atomic E-state index is 12.9. The van der Waals surface area contributed by atoms with Crippen LogP contribution in [0.3, 0.4) is 0 Å². The predicted molar refractivity (Wildman–Crippen MR) is 117 cm³/mol. The van der Waals surface area contributed by atoms with Crippen LogP contribution in [-0.4, -0.2) is 38.2 Å². The largest absolute Gasteiger partial charge is 0.493 e. The maximum absolute atomic E-state index is 12.9. The van der Waals surface area contributed by atoms with Gasteiger partial charge in [0.05, 0.1) is 40.9 Å². The monoisotopic (exact) mass is 440 g/mol. The maximum Gasteiger partial charge on any atom is 0.272 e. The van der Waals surface area contributed by atoms with Crippen molar-refractivity contribution in [3.05, 3.63) is 47.4 Å². The number of pyridine rings is 1. The fourth-order valence-corrected chi connectivity index (χ4v) is 4.62. The van der Waals surface area contributed by atoms with Crippen molar-refractivity contribution in [1.82, 2.24) is 24.5 Å². The number of methoxy groups -OCH3 is 1. The summed E-state index contributed by atoms with van der Waals surface area (Å²) in [7, 11) is 1.55. The number of ether oxygens (including phenoxy) is 1. The molecule has 0 saturated carbocycles. The highest BCUT2D eigenvalue weighted by molar-refractivity contribution is 7.13. The number of fused-ring (bicyclic) bond motifs is 2. The third kappa shape index (κ3) is 2.98. The van der Waals surface area contributed by atoms with Crippen molar-refractivity contribution in [3.8, 4) is 17.0 Å². The minimum atomic E-state index is -0.189. The Balaban J connectivity index is 1.74. The summed E-state index contributed by atoms with van der Waals surface area (Å²) in [4.78, 5) is 17.3. The first kappa shape index (κ1) is 18.8. The zero-order chi connectivity index (χ0) is 20.8. The molecule has 1 aliphatic heterocycles.